The van der Waals surface area contributed by atoms with E-state index < -0.39 is 5.97 Å². The van der Waals surface area contributed by atoms with Crippen molar-refractivity contribution in [3.8, 4) is 0 Å². The van der Waals surface area contributed by atoms with E-state index in [4.69, 9.17) is 11.6 Å². The maximum absolute atomic E-state index is 10.3. The maximum Gasteiger partial charge on any atom is 0.0900 e. The summed E-state index contributed by atoms with van der Waals surface area (Å²) in [7, 11) is 0. The third-order valence-corrected chi connectivity index (χ3v) is 1.43. The van der Waals surface area contributed by atoms with Crippen LogP contribution in [0.15, 0.2) is 18.2 Å². The third kappa shape index (κ3) is 1.91. The number of hydrogen-bond acceptors (Lipinski definition) is 3. The van der Waals surface area contributed by atoms with Gasteiger partial charge in [-0.3, -0.25) is 4.98 Å². The summed E-state index contributed by atoms with van der Waals surface area (Å²) in [6.07, 6.45) is 0. The highest BCUT2D eigenvalue weighted by Gasteiger charge is 1.95. The summed E-state index contributed by atoms with van der Waals surface area (Å²) in [5.74, 6) is -1.07. The predicted octanol–water partition coefficient (Wildman–Crippen LogP) is 0.184. The normalized spacial score (nSPS) is 9.55. The molecule has 0 bridgehead atoms. The Hall–Kier alpha value is -1.09. The van der Waals surface area contributed by atoms with Crippen LogP contribution in [0.25, 0.3) is 0 Å². The Labute approximate surface area is 68.6 Å². The molecule has 1 rings (SSSR count). The third-order valence-electron chi connectivity index (χ3n) is 1.15. The van der Waals surface area contributed by atoms with Gasteiger partial charge in [-0.05, 0) is 12.1 Å². The lowest BCUT2D eigenvalue weighted by molar-refractivity contribution is -0.255. The van der Waals surface area contributed by atoms with E-state index >= 15 is 0 Å². The topological polar surface area (TPSA) is 53.0 Å². The van der Waals surface area contributed by atoms with Gasteiger partial charge in [-0.25, -0.2) is 0 Å². The highest BCUT2D eigenvalue weighted by atomic mass is 35.5. The summed E-state index contributed by atoms with van der Waals surface area (Å²) >= 11 is 5.43. The Morgan fingerprint density at radius 3 is 2.91 bits per heavy atom. The molecule has 0 aliphatic carbocycles. The highest BCUT2D eigenvalue weighted by molar-refractivity contribution is 6.16. The molecule has 0 atom stereocenters. The first kappa shape index (κ1) is 8.01. The Balaban J connectivity index is 3.01. The van der Waals surface area contributed by atoms with Crippen molar-refractivity contribution in [2.24, 2.45) is 0 Å². The van der Waals surface area contributed by atoms with Gasteiger partial charge in [0.1, 0.15) is 0 Å². The van der Waals surface area contributed by atoms with Gasteiger partial charge in [0.2, 0.25) is 0 Å². The number of carbonyl (C=O) groups excluding carboxylic acids is 1. The van der Waals surface area contributed by atoms with Gasteiger partial charge < -0.3 is 9.90 Å². The number of rotatable bonds is 2. The van der Waals surface area contributed by atoms with Crippen LogP contribution in [0.5, 0.6) is 0 Å². The molecule has 1 heterocycles. The lowest BCUT2D eigenvalue weighted by Gasteiger charge is -2.01. The minimum absolute atomic E-state index is 0.0804. The molecule has 58 valence electrons. The second kappa shape index (κ2) is 3.34. The molecule has 11 heavy (non-hydrogen) atoms. The first-order valence-corrected chi connectivity index (χ1v) is 3.50. The van der Waals surface area contributed by atoms with E-state index in [2.05, 4.69) is 4.98 Å². The lowest BCUT2D eigenvalue weighted by Crippen LogP contribution is -2.23. The van der Waals surface area contributed by atoms with Crippen molar-refractivity contribution in [1.82, 2.24) is 4.98 Å². The van der Waals surface area contributed by atoms with Crippen LogP contribution in [0, 0.1) is 0 Å². The number of carboxylic acids is 1. The average Bonchev–Trinajstić information content (AvgIpc) is 2.05. The minimum Gasteiger partial charge on any atom is -0.543 e. The number of carbonyl (C=O) groups is 1. The number of pyridine rings is 1. The molecule has 0 spiro atoms. The molecule has 0 aliphatic rings. The molecule has 3 nitrogen and oxygen atoms in total. The molecule has 0 amide bonds. The number of aromatic nitrogens is 1. The van der Waals surface area contributed by atoms with Crippen molar-refractivity contribution in [3.63, 3.8) is 0 Å². The molecular weight excluding hydrogens is 166 g/mol. The molecule has 0 fully saturated rings. The number of alkyl halides is 1. The van der Waals surface area contributed by atoms with Gasteiger partial charge in [0.05, 0.1) is 23.2 Å². The second-order valence-corrected chi connectivity index (χ2v) is 2.20. The van der Waals surface area contributed by atoms with Crippen LogP contribution in [-0.2, 0) is 5.88 Å². The zero-order chi connectivity index (χ0) is 8.27. The summed E-state index contributed by atoms with van der Waals surface area (Å²) in [5, 5.41) is 10.3. The number of carboxylic acid groups (broad SMARTS) is 1. The number of halogens is 1. The first-order valence-electron chi connectivity index (χ1n) is 2.97. The quantitative estimate of drug-likeness (QED) is 0.596. The standard InChI is InChI=1S/C7H6ClNO2/c8-4-5-2-1-3-6(9-5)7(10)11/h1-3H,4H2,(H,10,11)/p-1. The Bertz CT molecular complexity index is 275. The molecule has 0 unspecified atom stereocenters. The van der Waals surface area contributed by atoms with Gasteiger partial charge in [0, 0.05) is 0 Å². The van der Waals surface area contributed by atoms with E-state index in [0.717, 1.165) is 0 Å². The summed E-state index contributed by atoms with van der Waals surface area (Å²) < 4.78 is 0. The van der Waals surface area contributed by atoms with Crippen LogP contribution >= 0.6 is 11.6 Å². The van der Waals surface area contributed by atoms with Gasteiger partial charge in [-0.1, -0.05) is 6.07 Å². The van der Waals surface area contributed by atoms with Crippen LogP contribution in [0.4, 0.5) is 0 Å². The Morgan fingerprint density at radius 1 is 1.64 bits per heavy atom. The SMILES string of the molecule is O=C([O-])c1cccc(CCl)n1. The van der Waals surface area contributed by atoms with E-state index in [1.807, 2.05) is 0 Å². The smallest absolute Gasteiger partial charge is 0.0900 e. The van der Waals surface area contributed by atoms with Crippen molar-refractivity contribution in [3.05, 3.63) is 29.6 Å². The summed E-state index contributed by atoms with van der Waals surface area (Å²) in [5.41, 5.74) is 0.455. The van der Waals surface area contributed by atoms with Crippen LogP contribution in [0.2, 0.25) is 0 Å². The summed E-state index contributed by atoms with van der Waals surface area (Å²) in [6, 6.07) is 4.60. The van der Waals surface area contributed by atoms with Gasteiger partial charge >= 0.3 is 0 Å². The largest absolute Gasteiger partial charge is 0.543 e. The molecule has 0 radical (unpaired) electrons. The van der Waals surface area contributed by atoms with Crippen LogP contribution in [-0.4, -0.2) is 11.0 Å². The van der Waals surface area contributed by atoms with Crippen molar-refractivity contribution < 1.29 is 9.90 Å². The molecular formula is C7H5ClNO2-. The van der Waals surface area contributed by atoms with E-state index in [1.54, 1.807) is 12.1 Å². The molecule has 1 aromatic rings. The number of aromatic carboxylic acids is 1. The van der Waals surface area contributed by atoms with Gasteiger partial charge in [0.25, 0.3) is 0 Å². The highest BCUT2D eigenvalue weighted by Crippen LogP contribution is 2.01. The molecule has 0 aromatic carbocycles. The predicted molar refractivity (Wildman–Crippen MR) is 38.1 cm³/mol. The van der Waals surface area contributed by atoms with Crippen molar-refractivity contribution in [2.75, 3.05) is 0 Å². The van der Waals surface area contributed by atoms with Crippen molar-refractivity contribution in [2.45, 2.75) is 5.88 Å². The fourth-order valence-corrected chi connectivity index (χ4v) is 0.817. The Morgan fingerprint density at radius 2 is 2.36 bits per heavy atom. The summed E-state index contributed by atoms with van der Waals surface area (Å²) in [4.78, 5) is 13.9. The van der Waals surface area contributed by atoms with Crippen molar-refractivity contribution >= 4 is 17.6 Å². The van der Waals surface area contributed by atoms with Gasteiger partial charge in [-0.2, -0.15) is 0 Å². The molecule has 0 saturated heterocycles. The van der Waals surface area contributed by atoms with Gasteiger partial charge in [0.15, 0.2) is 0 Å². The lowest BCUT2D eigenvalue weighted by atomic mass is 10.3. The van der Waals surface area contributed by atoms with Crippen molar-refractivity contribution in [1.29, 1.82) is 0 Å². The number of nitrogens with zero attached hydrogens (tertiary/aromatic N) is 1. The zero-order valence-electron chi connectivity index (χ0n) is 5.58. The van der Waals surface area contributed by atoms with E-state index in [-0.39, 0.29) is 11.6 Å². The zero-order valence-corrected chi connectivity index (χ0v) is 6.34. The first-order chi connectivity index (χ1) is 5.24. The molecule has 0 aliphatic heterocycles. The van der Waals surface area contributed by atoms with Gasteiger partial charge in [-0.15, -0.1) is 11.6 Å². The monoisotopic (exact) mass is 170 g/mol. The fraction of sp³-hybridized carbons (Fsp3) is 0.143. The molecule has 4 heteroatoms. The maximum atomic E-state index is 10.3. The fourth-order valence-electron chi connectivity index (χ4n) is 0.668. The molecule has 0 saturated carbocycles. The van der Waals surface area contributed by atoms with E-state index in [0.29, 0.717) is 5.69 Å². The number of hydrogen-bond donors (Lipinski definition) is 0. The minimum atomic E-state index is -1.28. The van der Waals surface area contributed by atoms with E-state index in [1.165, 1.54) is 6.07 Å². The average molecular weight is 171 g/mol. The molecule has 0 N–H and O–H groups in total. The van der Waals surface area contributed by atoms with Crippen LogP contribution < -0.4 is 5.11 Å². The van der Waals surface area contributed by atoms with E-state index in [9.17, 15) is 9.90 Å². The van der Waals surface area contributed by atoms with Crippen LogP contribution in [0.3, 0.4) is 0 Å². The molecule has 1 aromatic heterocycles. The summed E-state index contributed by atoms with van der Waals surface area (Å²) in [6.45, 7) is 0. The Kier molecular flexibility index (Phi) is 2.44. The second-order valence-electron chi connectivity index (χ2n) is 1.94. The van der Waals surface area contributed by atoms with Crippen LogP contribution in [0.1, 0.15) is 16.2 Å².